The van der Waals surface area contributed by atoms with E-state index in [0.29, 0.717) is 11.4 Å². The number of carbonyl (C=O) groups excluding carboxylic acids is 1. The zero-order chi connectivity index (χ0) is 23.8. The van der Waals surface area contributed by atoms with Gasteiger partial charge >= 0.3 is 5.97 Å². The lowest BCUT2D eigenvalue weighted by molar-refractivity contribution is -0.136. The monoisotopic (exact) mass is 463 g/mol. The molecule has 0 aliphatic rings. The summed E-state index contributed by atoms with van der Waals surface area (Å²) >= 11 is 0.902. The summed E-state index contributed by atoms with van der Waals surface area (Å²) < 4.78 is 11.8. The van der Waals surface area contributed by atoms with E-state index in [4.69, 9.17) is 14.9 Å². The molecule has 33 heavy (non-hydrogen) atoms. The molecule has 0 amide bonds. The molecule has 0 radical (unpaired) electrons. The highest BCUT2D eigenvalue weighted by molar-refractivity contribution is 7.07. The smallest absolute Gasteiger partial charge is 0.351 e. The summed E-state index contributed by atoms with van der Waals surface area (Å²) in [6.45, 7) is 1.73. The lowest BCUT2D eigenvalue weighted by Gasteiger charge is -2.04. The first kappa shape index (κ1) is 23.3. The van der Waals surface area contributed by atoms with Gasteiger partial charge in [0.1, 0.15) is 21.0 Å². The number of nitrogens with zero attached hydrogens (tertiary/aromatic N) is 3. The minimum Gasteiger partial charge on any atom is -0.497 e. The number of nitriles is 1. The van der Waals surface area contributed by atoms with Gasteiger partial charge in [-0.05, 0) is 48.9 Å². The Balaban J connectivity index is 2.12. The lowest BCUT2D eigenvalue weighted by atomic mass is 10.2. The number of thiazole rings is 1. The molecule has 2 aromatic carbocycles. The first-order chi connectivity index (χ1) is 16.0. The van der Waals surface area contributed by atoms with Crippen LogP contribution in [-0.4, -0.2) is 35.6 Å². The Kier molecular flexibility index (Phi) is 7.62. The highest BCUT2D eigenvalue weighted by atomic mass is 32.1. The van der Waals surface area contributed by atoms with Crippen LogP contribution in [0.1, 0.15) is 12.5 Å². The summed E-state index contributed by atoms with van der Waals surface area (Å²) in [5, 5.41) is 32.8. The minimum absolute atomic E-state index is 0.0952. The molecule has 168 valence electrons. The number of rotatable bonds is 7. The normalized spacial score (nSPS) is 12.6. The van der Waals surface area contributed by atoms with Crippen molar-refractivity contribution in [3.8, 4) is 17.5 Å². The molecule has 0 aliphatic carbocycles. The van der Waals surface area contributed by atoms with Crippen molar-refractivity contribution in [3.05, 3.63) is 74.8 Å². The molecule has 3 N–H and O–H groups in total. The molecular formula is C23H21N5O4S. The maximum Gasteiger partial charge on any atom is 0.351 e. The third-order valence-electron chi connectivity index (χ3n) is 4.38. The Hall–Kier alpha value is -4.36. The molecule has 0 saturated carbocycles. The van der Waals surface area contributed by atoms with Crippen LogP contribution < -0.4 is 24.8 Å². The predicted octanol–water partition coefficient (Wildman–Crippen LogP) is 1.51. The van der Waals surface area contributed by atoms with E-state index in [1.54, 1.807) is 68.6 Å². The maximum absolute atomic E-state index is 12.4. The lowest BCUT2D eigenvalue weighted by Crippen LogP contribution is -2.34. The number of methoxy groups -OCH3 is 1. The zero-order valence-corrected chi connectivity index (χ0v) is 18.7. The molecule has 1 aromatic heterocycles. The molecule has 1 heterocycles. The van der Waals surface area contributed by atoms with Crippen molar-refractivity contribution in [1.29, 1.82) is 10.7 Å². The molecule has 0 saturated heterocycles. The van der Waals surface area contributed by atoms with Crippen molar-refractivity contribution >= 4 is 35.0 Å². The van der Waals surface area contributed by atoms with Gasteiger partial charge in [0, 0.05) is 5.69 Å². The number of esters is 1. The summed E-state index contributed by atoms with van der Waals surface area (Å²) in [4.78, 5) is 12.4. The van der Waals surface area contributed by atoms with E-state index in [1.807, 2.05) is 6.07 Å². The van der Waals surface area contributed by atoms with Gasteiger partial charge in [-0.2, -0.15) is 10.4 Å². The number of ether oxygens (including phenoxy) is 2. The number of nitrogens with one attached hydrogen (secondary N) is 2. The van der Waals surface area contributed by atoms with Crippen LogP contribution in [0, 0.1) is 16.7 Å². The fraction of sp³-hybridized carbons (Fsp3) is 0.130. The third-order valence-corrected chi connectivity index (χ3v) is 5.55. The molecule has 0 aliphatic heterocycles. The molecular weight excluding hydrogens is 442 g/mol. The van der Waals surface area contributed by atoms with Crippen molar-refractivity contribution < 1.29 is 19.4 Å². The van der Waals surface area contributed by atoms with Gasteiger partial charge in [-0.15, -0.1) is 11.3 Å². The molecule has 3 rings (SSSR count). The second kappa shape index (κ2) is 10.8. The number of aliphatic hydroxyl groups excluding tert-OH is 1. The summed E-state index contributed by atoms with van der Waals surface area (Å²) in [6, 6.07) is 17.8. The predicted molar refractivity (Wildman–Crippen MR) is 124 cm³/mol. The number of hydrogen-bond donors (Lipinski definition) is 3. The Morgan fingerprint density at radius 3 is 2.58 bits per heavy atom. The number of carbonyl (C=O) groups is 1. The Morgan fingerprint density at radius 2 is 1.97 bits per heavy atom. The van der Waals surface area contributed by atoms with Crippen molar-refractivity contribution in [2.24, 2.45) is 5.10 Å². The number of hydrogen-bond acceptors (Lipinski definition) is 9. The fourth-order valence-electron chi connectivity index (χ4n) is 2.83. The second-order valence-corrected chi connectivity index (χ2v) is 7.45. The molecule has 0 spiro atoms. The van der Waals surface area contributed by atoms with E-state index >= 15 is 0 Å². The SMILES string of the molecule is CCOC(=O)C(C#N)=c1sc(=C(O)NN=Cc2ccc(OC)cc2)c(=N)n1-c1ccccc1. The average molecular weight is 464 g/mol. The van der Waals surface area contributed by atoms with Crippen LogP contribution in [0.2, 0.25) is 0 Å². The van der Waals surface area contributed by atoms with E-state index in [2.05, 4.69) is 10.5 Å². The second-order valence-electron chi connectivity index (χ2n) is 6.45. The fourth-order valence-corrected chi connectivity index (χ4v) is 3.88. The third kappa shape index (κ3) is 5.28. The number of aliphatic hydroxyl groups is 1. The Bertz CT molecular complexity index is 1380. The summed E-state index contributed by atoms with van der Waals surface area (Å²) in [7, 11) is 1.57. The van der Waals surface area contributed by atoms with Crippen molar-refractivity contribution in [2.75, 3.05) is 13.7 Å². The van der Waals surface area contributed by atoms with Gasteiger partial charge in [-0.3, -0.25) is 9.98 Å². The first-order valence-electron chi connectivity index (χ1n) is 9.80. The number of para-hydroxylation sites is 1. The van der Waals surface area contributed by atoms with Crippen LogP contribution in [0.15, 0.2) is 59.7 Å². The standard InChI is InChI=1S/C23H21N5O4S/c1-3-32-23(30)18(13-24)22-28(16-7-5-4-6-8-16)20(25)19(33-22)21(29)27-26-14-15-9-11-17(31-2)12-10-15/h4-12,14,25,27,29H,3H2,1-2H3. The van der Waals surface area contributed by atoms with Gasteiger partial charge in [0.2, 0.25) is 5.88 Å². The first-order valence-corrected chi connectivity index (χ1v) is 10.6. The van der Waals surface area contributed by atoms with E-state index < -0.39 is 11.9 Å². The largest absolute Gasteiger partial charge is 0.497 e. The van der Waals surface area contributed by atoms with E-state index in [1.165, 1.54) is 10.8 Å². The zero-order valence-electron chi connectivity index (χ0n) is 17.9. The van der Waals surface area contributed by atoms with Crippen LogP contribution in [0.4, 0.5) is 0 Å². The maximum atomic E-state index is 12.4. The Labute approximate surface area is 193 Å². The van der Waals surface area contributed by atoms with Gasteiger partial charge < -0.3 is 14.6 Å². The molecule has 0 atom stereocenters. The van der Waals surface area contributed by atoms with E-state index in [0.717, 1.165) is 16.9 Å². The summed E-state index contributed by atoms with van der Waals surface area (Å²) in [5.74, 6) is -0.495. The van der Waals surface area contributed by atoms with Crippen LogP contribution in [0.5, 0.6) is 5.75 Å². The van der Waals surface area contributed by atoms with E-state index in [9.17, 15) is 15.2 Å². The van der Waals surface area contributed by atoms with Gasteiger partial charge in [-0.1, -0.05) is 18.2 Å². The van der Waals surface area contributed by atoms with E-state index in [-0.39, 0.29) is 26.9 Å². The highest BCUT2D eigenvalue weighted by Gasteiger charge is 2.17. The molecule has 0 unspecified atom stereocenters. The van der Waals surface area contributed by atoms with Crippen molar-refractivity contribution in [3.63, 3.8) is 0 Å². The Morgan fingerprint density at radius 1 is 1.27 bits per heavy atom. The van der Waals surface area contributed by atoms with Crippen LogP contribution in [0.3, 0.4) is 0 Å². The number of hydrazone groups is 1. The molecule has 0 fully saturated rings. The van der Waals surface area contributed by atoms with Crippen molar-refractivity contribution in [2.45, 2.75) is 6.92 Å². The van der Waals surface area contributed by atoms with Crippen LogP contribution in [-0.2, 0) is 9.53 Å². The van der Waals surface area contributed by atoms with Gasteiger partial charge in [0.25, 0.3) is 0 Å². The highest BCUT2D eigenvalue weighted by Crippen LogP contribution is 2.09. The summed E-state index contributed by atoms with van der Waals surface area (Å²) in [6.07, 6.45) is 1.49. The average Bonchev–Trinajstić information content (AvgIpc) is 3.17. The quantitative estimate of drug-likeness (QED) is 0.276. The minimum atomic E-state index is -0.803. The number of aromatic nitrogens is 1. The number of benzene rings is 2. The molecule has 3 aromatic rings. The van der Waals surface area contributed by atoms with Gasteiger partial charge in [0.05, 0.1) is 19.9 Å². The van der Waals surface area contributed by atoms with Crippen LogP contribution in [0.25, 0.3) is 17.1 Å². The van der Waals surface area contributed by atoms with Gasteiger partial charge in [-0.25, -0.2) is 10.2 Å². The van der Waals surface area contributed by atoms with Crippen molar-refractivity contribution in [1.82, 2.24) is 9.99 Å². The molecule has 0 bridgehead atoms. The van der Waals surface area contributed by atoms with Crippen LogP contribution >= 0.6 is 11.3 Å². The molecule has 10 heteroatoms. The van der Waals surface area contributed by atoms with Gasteiger partial charge in [0.15, 0.2) is 11.1 Å². The topological polar surface area (TPSA) is 133 Å². The molecule has 9 nitrogen and oxygen atoms in total. The summed E-state index contributed by atoms with van der Waals surface area (Å²) in [5.41, 5.74) is 3.42.